The van der Waals surface area contributed by atoms with E-state index in [1.54, 1.807) is 12.1 Å². The summed E-state index contributed by atoms with van der Waals surface area (Å²) in [5.41, 5.74) is 7.44. The first kappa shape index (κ1) is 15.8. The molecule has 8 nitrogen and oxygen atoms in total. The largest absolute Gasteiger partial charge is 0.368 e. The van der Waals surface area contributed by atoms with Crippen LogP contribution in [0.4, 0.5) is 17.5 Å². The number of benzene rings is 1. The van der Waals surface area contributed by atoms with Crippen molar-refractivity contribution in [2.75, 3.05) is 30.3 Å². The molecule has 0 aliphatic carbocycles. The minimum Gasteiger partial charge on any atom is -0.368 e. The lowest BCUT2D eigenvalue weighted by atomic mass is 9.94. The molecule has 0 radical (unpaired) electrons. The SMILES string of the molecule is Nc1nc(-c2ccc([N+](=O)[O-])cc2)cc(N2C[C@H]3CCCN[C@H]3C2)n1. The molecule has 0 amide bonds. The molecule has 4 rings (SSSR count). The van der Waals surface area contributed by atoms with Crippen LogP contribution in [0.2, 0.25) is 0 Å². The van der Waals surface area contributed by atoms with Crippen LogP contribution >= 0.6 is 0 Å². The summed E-state index contributed by atoms with van der Waals surface area (Å²) in [5, 5.41) is 14.4. The number of fused-ring (bicyclic) bond motifs is 1. The van der Waals surface area contributed by atoms with E-state index < -0.39 is 4.92 Å². The number of hydrogen-bond donors (Lipinski definition) is 2. The Morgan fingerprint density at radius 1 is 1.24 bits per heavy atom. The molecule has 2 fully saturated rings. The van der Waals surface area contributed by atoms with Gasteiger partial charge in [0.05, 0.1) is 10.6 Å². The van der Waals surface area contributed by atoms with Gasteiger partial charge in [-0.1, -0.05) is 0 Å². The molecule has 0 spiro atoms. The van der Waals surface area contributed by atoms with Gasteiger partial charge in [-0.15, -0.1) is 0 Å². The molecule has 2 atom stereocenters. The monoisotopic (exact) mass is 340 g/mol. The van der Waals surface area contributed by atoms with Crippen molar-refractivity contribution in [3.63, 3.8) is 0 Å². The predicted molar refractivity (Wildman–Crippen MR) is 95.3 cm³/mol. The van der Waals surface area contributed by atoms with Crippen LogP contribution in [0.15, 0.2) is 30.3 Å². The van der Waals surface area contributed by atoms with Crippen LogP contribution in [0.5, 0.6) is 0 Å². The number of nitrogens with zero attached hydrogens (tertiary/aromatic N) is 4. The molecule has 0 unspecified atom stereocenters. The number of nitro benzene ring substituents is 1. The Kier molecular flexibility index (Phi) is 3.96. The van der Waals surface area contributed by atoms with Gasteiger partial charge in [-0.25, -0.2) is 4.98 Å². The van der Waals surface area contributed by atoms with Crippen molar-refractivity contribution >= 4 is 17.5 Å². The third kappa shape index (κ3) is 3.12. The average Bonchev–Trinajstić information content (AvgIpc) is 3.05. The third-order valence-corrected chi connectivity index (χ3v) is 5.03. The summed E-state index contributed by atoms with van der Waals surface area (Å²) in [6, 6.07) is 8.75. The smallest absolute Gasteiger partial charge is 0.269 e. The third-order valence-electron chi connectivity index (χ3n) is 5.03. The molecular weight excluding hydrogens is 320 g/mol. The van der Waals surface area contributed by atoms with Gasteiger partial charge >= 0.3 is 0 Å². The summed E-state index contributed by atoms with van der Waals surface area (Å²) in [5.74, 6) is 1.68. The number of piperidine rings is 1. The van der Waals surface area contributed by atoms with Gasteiger partial charge in [0.1, 0.15) is 5.82 Å². The van der Waals surface area contributed by atoms with Crippen molar-refractivity contribution in [1.82, 2.24) is 15.3 Å². The topological polar surface area (TPSA) is 110 Å². The molecule has 0 saturated carbocycles. The van der Waals surface area contributed by atoms with E-state index in [4.69, 9.17) is 5.73 Å². The van der Waals surface area contributed by atoms with Crippen molar-refractivity contribution in [3.05, 3.63) is 40.4 Å². The zero-order valence-corrected chi connectivity index (χ0v) is 13.8. The van der Waals surface area contributed by atoms with Crippen molar-refractivity contribution in [2.45, 2.75) is 18.9 Å². The maximum absolute atomic E-state index is 10.8. The number of anilines is 2. The van der Waals surface area contributed by atoms with Gasteiger partial charge in [-0.2, -0.15) is 4.98 Å². The van der Waals surface area contributed by atoms with Crippen LogP contribution in [0.1, 0.15) is 12.8 Å². The molecule has 1 aromatic heterocycles. The second-order valence-electron chi connectivity index (χ2n) is 6.64. The van der Waals surface area contributed by atoms with E-state index in [9.17, 15) is 10.1 Å². The molecule has 8 heteroatoms. The molecule has 0 bridgehead atoms. The van der Waals surface area contributed by atoms with Gasteiger partial charge in [0, 0.05) is 42.9 Å². The van der Waals surface area contributed by atoms with Gasteiger partial charge in [0.15, 0.2) is 0 Å². The minimum atomic E-state index is -0.414. The number of hydrogen-bond acceptors (Lipinski definition) is 7. The van der Waals surface area contributed by atoms with Crippen LogP contribution in [-0.4, -0.2) is 40.6 Å². The number of nitrogen functional groups attached to an aromatic ring is 1. The fourth-order valence-electron chi connectivity index (χ4n) is 3.75. The second kappa shape index (κ2) is 6.29. The molecule has 2 aromatic rings. The molecule has 25 heavy (non-hydrogen) atoms. The first-order chi connectivity index (χ1) is 12.1. The van der Waals surface area contributed by atoms with E-state index in [1.807, 2.05) is 6.07 Å². The predicted octanol–water partition coefficient (Wildman–Crippen LogP) is 1.82. The van der Waals surface area contributed by atoms with Gasteiger partial charge in [-0.3, -0.25) is 10.1 Å². The highest BCUT2D eigenvalue weighted by molar-refractivity contribution is 5.65. The number of rotatable bonds is 3. The highest BCUT2D eigenvalue weighted by atomic mass is 16.6. The molecule has 3 N–H and O–H groups in total. The van der Waals surface area contributed by atoms with Crippen molar-refractivity contribution in [3.8, 4) is 11.3 Å². The summed E-state index contributed by atoms with van der Waals surface area (Å²) in [6.07, 6.45) is 2.46. The summed E-state index contributed by atoms with van der Waals surface area (Å²) in [6.45, 7) is 2.96. The maximum atomic E-state index is 10.8. The first-order valence-corrected chi connectivity index (χ1v) is 8.48. The van der Waals surface area contributed by atoms with Crippen molar-refractivity contribution in [1.29, 1.82) is 0 Å². The molecule has 2 saturated heterocycles. The zero-order valence-electron chi connectivity index (χ0n) is 13.8. The molecule has 1 aromatic carbocycles. The minimum absolute atomic E-state index is 0.0562. The van der Waals surface area contributed by atoms with E-state index >= 15 is 0 Å². The van der Waals surface area contributed by atoms with E-state index in [0.717, 1.165) is 31.0 Å². The van der Waals surface area contributed by atoms with Gasteiger partial charge in [-0.05, 0) is 37.4 Å². The van der Waals surface area contributed by atoms with Crippen LogP contribution in [0.3, 0.4) is 0 Å². The Morgan fingerprint density at radius 3 is 2.76 bits per heavy atom. The fourth-order valence-corrected chi connectivity index (χ4v) is 3.75. The zero-order chi connectivity index (χ0) is 17.4. The van der Waals surface area contributed by atoms with E-state index in [-0.39, 0.29) is 11.6 Å². The standard InChI is InChI=1S/C17H20N6O2/c18-17-20-14(11-3-5-13(6-4-11)23(24)25)8-16(21-17)22-9-12-2-1-7-19-15(12)10-22/h3-6,8,12,15,19H,1-2,7,9-10H2,(H2,18,20,21)/t12-,15+/m1/s1. The molecule has 2 aliphatic rings. The lowest BCUT2D eigenvalue weighted by Crippen LogP contribution is -2.40. The first-order valence-electron chi connectivity index (χ1n) is 8.48. The Morgan fingerprint density at radius 2 is 2.04 bits per heavy atom. The molecule has 130 valence electrons. The Balaban J connectivity index is 1.61. The van der Waals surface area contributed by atoms with Crippen LogP contribution < -0.4 is 16.0 Å². The highest BCUT2D eigenvalue weighted by Crippen LogP contribution is 2.30. The Labute approximate surface area is 145 Å². The summed E-state index contributed by atoms with van der Waals surface area (Å²) in [7, 11) is 0. The number of nitrogens with one attached hydrogen (secondary N) is 1. The van der Waals surface area contributed by atoms with Crippen molar-refractivity contribution < 1.29 is 4.92 Å². The Hall–Kier alpha value is -2.74. The van der Waals surface area contributed by atoms with Gasteiger partial charge in [0.2, 0.25) is 5.95 Å². The molecule has 2 aliphatic heterocycles. The maximum Gasteiger partial charge on any atom is 0.269 e. The van der Waals surface area contributed by atoms with Gasteiger partial charge < -0.3 is 16.0 Å². The average molecular weight is 340 g/mol. The van der Waals surface area contributed by atoms with E-state index in [0.29, 0.717) is 17.7 Å². The lowest BCUT2D eigenvalue weighted by Gasteiger charge is -2.24. The van der Waals surface area contributed by atoms with Crippen molar-refractivity contribution in [2.24, 2.45) is 5.92 Å². The summed E-state index contributed by atoms with van der Waals surface area (Å²) in [4.78, 5) is 21.3. The normalized spacial score (nSPS) is 22.6. The molecule has 3 heterocycles. The fraction of sp³-hybridized carbons (Fsp3) is 0.412. The quantitative estimate of drug-likeness (QED) is 0.647. The Bertz CT molecular complexity index is 780. The van der Waals surface area contributed by atoms with Crippen LogP contribution in [0.25, 0.3) is 11.3 Å². The lowest BCUT2D eigenvalue weighted by molar-refractivity contribution is -0.384. The number of nitrogens with two attached hydrogens (primary N) is 1. The summed E-state index contributed by atoms with van der Waals surface area (Å²) < 4.78 is 0. The molecular formula is C17H20N6O2. The number of nitro groups is 1. The van der Waals surface area contributed by atoms with Crippen LogP contribution in [-0.2, 0) is 0 Å². The number of aromatic nitrogens is 2. The van der Waals surface area contributed by atoms with Gasteiger partial charge in [0.25, 0.3) is 5.69 Å². The van der Waals surface area contributed by atoms with E-state index in [2.05, 4.69) is 20.2 Å². The summed E-state index contributed by atoms with van der Waals surface area (Å²) >= 11 is 0. The van der Waals surface area contributed by atoms with Crippen LogP contribution in [0, 0.1) is 16.0 Å². The number of non-ortho nitro benzene ring substituents is 1. The van der Waals surface area contributed by atoms with E-state index in [1.165, 1.54) is 25.0 Å². The second-order valence-corrected chi connectivity index (χ2v) is 6.64. The highest BCUT2D eigenvalue weighted by Gasteiger charge is 2.35.